The van der Waals surface area contributed by atoms with Crippen LogP contribution < -0.4 is 16.1 Å². The van der Waals surface area contributed by atoms with Crippen LogP contribution in [0.5, 0.6) is 0 Å². The molecule has 11 nitrogen and oxygen atoms in total. The van der Waals surface area contributed by atoms with Crippen LogP contribution in [0.4, 0.5) is 5.69 Å². The number of pyridine rings is 1. The summed E-state index contributed by atoms with van der Waals surface area (Å²) < 4.78 is 27.4. The Kier molecular flexibility index (Phi) is 6.93. The molecule has 0 aromatic carbocycles. The Morgan fingerprint density at radius 2 is 1.91 bits per heavy atom. The van der Waals surface area contributed by atoms with E-state index in [1.807, 2.05) is 12.1 Å². The molecule has 2 aliphatic heterocycles. The summed E-state index contributed by atoms with van der Waals surface area (Å²) in [5.74, 6) is -0.866. The minimum Gasteiger partial charge on any atom is -0.371 e. The number of amides is 2. The molecule has 0 aliphatic carbocycles. The second-order valence-corrected chi connectivity index (χ2v) is 11.3. The monoisotopic (exact) mass is 493 g/mol. The number of rotatable bonds is 7. The zero-order valence-corrected chi connectivity index (χ0v) is 19.9. The van der Waals surface area contributed by atoms with Gasteiger partial charge in [-0.15, -0.1) is 11.3 Å². The predicted octanol–water partition coefficient (Wildman–Crippen LogP) is -0.119. The van der Waals surface area contributed by atoms with Crippen molar-refractivity contribution in [1.29, 1.82) is 0 Å². The maximum Gasteiger partial charge on any atom is 0.254 e. The Bertz CT molecular complexity index is 1110. The van der Waals surface area contributed by atoms with E-state index in [1.54, 1.807) is 19.3 Å². The first-order chi connectivity index (χ1) is 15.7. The number of nitrogens with zero attached hydrogens (tertiary/aromatic N) is 5. The molecule has 2 aromatic rings. The van der Waals surface area contributed by atoms with Crippen molar-refractivity contribution in [2.75, 3.05) is 37.6 Å². The third-order valence-electron chi connectivity index (χ3n) is 5.74. The highest BCUT2D eigenvalue weighted by Crippen LogP contribution is 2.28. The Morgan fingerprint density at radius 1 is 1.21 bits per heavy atom. The lowest BCUT2D eigenvalue weighted by Gasteiger charge is -2.39. The van der Waals surface area contributed by atoms with E-state index >= 15 is 0 Å². The van der Waals surface area contributed by atoms with Crippen molar-refractivity contribution in [3.63, 3.8) is 0 Å². The second kappa shape index (κ2) is 9.71. The lowest BCUT2D eigenvalue weighted by Crippen LogP contribution is -2.60. The number of hydrogen-bond acceptors (Lipinski definition) is 9. The van der Waals surface area contributed by atoms with Crippen LogP contribution in [0.1, 0.15) is 23.5 Å². The number of carbonyl (C=O) groups excluding carboxylic acids is 2. The number of nitrogens with two attached hydrogens (primary N) is 1. The molecular weight excluding hydrogens is 466 g/mol. The van der Waals surface area contributed by atoms with Crippen molar-refractivity contribution in [2.45, 2.75) is 36.4 Å². The third-order valence-corrected chi connectivity index (χ3v) is 9.33. The quantitative estimate of drug-likeness (QED) is 0.544. The van der Waals surface area contributed by atoms with E-state index in [9.17, 15) is 18.0 Å². The number of aryl methyl sites for hydroxylation is 1. The molecule has 4 heterocycles. The summed E-state index contributed by atoms with van der Waals surface area (Å²) in [4.78, 5) is 34.4. The first kappa shape index (κ1) is 23.5. The molecule has 0 unspecified atom stereocenters. The molecular formula is C20H27N7O4S2. The molecule has 0 radical (unpaired) electrons. The molecule has 13 heteroatoms. The molecule has 0 spiro atoms. The summed E-state index contributed by atoms with van der Waals surface area (Å²) in [5, 5.41) is 1.89. The lowest BCUT2D eigenvalue weighted by molar-refractivity contribution is -0.138. The standard InChI is InChI=1S/C20H27N7O4S2/c1-14-20(32-18(23-14)12-17(21)28)33(30,31)26-10-11-27(19(29)13-26)24-15-4-8-25(9-5-15)16-2-6-22-7-3-16/h2-3,6-7,15,24H,4-5,8-13H2,1H3,(H2,21,28). The molecule has 33 heavy (non-hydrogen) atoms. The number of hydrogen-bond donors (Lipinski definition) is 2. The topological polar surface area (TPSA) is 142 Å². The Morgan fingerprint density at radius 3 is 2.55 bits per heavy atom. The third kappa shape index (κ3) is 5.32. The van der Waals surface area contributed by atoms with E-state index in [0.717, 1.165) is 43.0 Å². The van der Waals surface area contributed by atoms with Gasteiger partial charge in [0.2, 0.25) is 5.91 Å². The summed E-state index contributed by atoms with van der Waals surface area (Å²) >= 11 is 0.927. The van der Waals surface area contributed by atoms with Gasteiger partial charge in [-0.2, -0.15) is 4.31 Å². The van der Waals surface area contributed by atoms with E-state index in [2.05, 4.69) is 20.3 Å². The number of sulfonamides is 1. The molecule has 0 saturated carbocycles. The Labute approximate surface area is 196 Å². The van der Waals surface area contributed by atoms with E-state index < -0.39 is 15.9 Å². The van der Waals surface area contributed by atoms with Crippen LogP contribution in [0.25, 0.3) is 0 Å². The average Bonchev–Trinajstić information content (AvgIpc) is 3.16. The number of piperidine rings is 1. The van der Waals surface area contributed by atoms with Gasteiger partial charge in [-0.1, -0.05) is 0 Å². The normalized spacial score (nSPS) is 18.6. The molecule has 2 amide bonds. The number of anilines is 1. The summed E-state index contributed by atoms with van der Waals surface area (Å²) in [6, 6.07) is 4.12. The summed E-state index contributed by atoms with van der Waals surface area (Å²) in [6.07, 6.45) is 5.18. The highest BCUT2D eigenvalue weighted by molar-refractivity contribution is 7.91. The molecule has 2 aromatic heterocycles. The second-order valence-electron chi connectivity index (χ2n) is 8.10. The van der Waals surface area contributed by atoms with Crippen LogP contribution in [0.2, 0.25) is 0 Å². The predicted molar refractivity (Wildman–Crippen MR) is 123 cm³/mol. The van der Waals surface area contributed by atoms with Crippen molar-refractivity contribution in [1.82, 2.24) is 24.7 Å². The van der Waals surface area contributed by atoms with Crippen LogP contribution >= 0.6 is 11.3 Å². The first-order valence-corrected chi connectivity index (χ1v) is 13.0. The maximum atomic E-state index is 13.1. The zero-order valence-electron chi connectivity index (χ0n) is 18.3. The first-order valence-electron chi connectivity index (χ1n) is 10.7. The summed E-state index contributed by atoms with van der Waals surface area (Å²) in [5.41, 5.74) is 9.92. The van der Waals surface area contributed by atoms with Crippen LogP contribution in [0.15, 0.2) is 28.7 Å². The SMILES string of the molecule is Cc1nc(CC(N)=O)sc1S(=O)(=O)N1CCN(NC2CCN(c3ccncc3)CC2)C(=O)C1. The fourth-order valence-corrected chi connectivity index (χ4v) is 7.14. The number of piperazine rings is 1. The Balaban J connectivity index is 1.33. The van der Waals surface area contributed by atoms with Gasteiger partial charge in [-0.05, 0) is 31.9 Å². The zero-order chi connectivity index (χ0) is 23.6. The van der Waals surface area contributed by atoms with Gasteiger partial charge in [0, 0.05) is 43.8 Å². The smallest absolute Gasteiger partial charge is 0.254 e. The van der Waals surface area contributed by atoms with Gasteiger partial charge in [0.15, 0.2) is 4.21 Å². The van der Waals surface area contributed by atoms with Gasteiger partial charge in [-0.3, -0.25) is 19.6 Å². The number of nitrogens with one attached hydrogen (secondary N) is 1. The molecule has 2 saturated heterocycles. The van der Waals surface area contributed by atoms with Crippen molar-refractivity contribution < 1.29 is 18.0 Å². The number of hydrazine groups is 1. The maximum absolute atomic E-state index is 13.1. The van der Waals surface area contributed by atoms with E-state index in [1.165, 1.54) is 9.31 Å². The number of primary amides is 1. The van der Waals surface area contributed by atoms with E-state index in [-0.39, 0.29) is 42.2 Å². The van der Waals surface area contributed by atoms with Crippen LogP contribution in [-0.2, 0) is 26.0 Å². The van der Waals surface area contributed by atoms with Gasteiger partial charge in [-0.25, -0.2) is 18.8 Å². The van der Waals surface area contributed by atoms with Gasteiger partial charge >= 0.3 is 0 Å². The molecule has 0 atom stereocenters. The van der Waals surface area contributed by atoms with Gasteiger partial charge in [0.25, 0.3) is 15.9 Å². The Hall–Kier alpha value is -2.61. The highest BCUT2D eigenvalue weighted by atomic mass is 32.2. The van der Waals surface area contributed by atoms with Crippen LogP contribution in [0, 0.1) is 6.92 Å². The van der Waals surface area contributed by atoms with E-state index in [4.69, 9.17) is 5.73 Å². The fourth-order valence-electron chi connectivity index (χ4n) is 4.05. The van der Waals surface area contributed by atoms with Crippen molar-refractivity contribution in [3.8, 4) is 0 Å². The van der Waals surface area contributed by atoms with Crippen molar-refractivity contribution in [2.24, 2.45) is 5.73 Å². The number of thiazole rings is 1. The van der Waals surface area contributed by atoms with Gasteiger partial charge in [0.1, 0.15) is 5.01 Å². The highest BCUT2D eigenvalue weighted by Gasteiger charge is 2.36. The summed E-state index contributed by atoms with van der Waals surface area (Å²) in [6.45, 7) is 3.50. The van der Waals surface area contributed by atoms with Crippen LogP contribution in [0.3, 0.4) is 0 Å². The molecule has 3 N–H and O–H groups in total. The van der Waals surface area contributed by atoms with Crippen molar-refractivity contribution in [3.05, 3.63) is 35.2 Å². The van der Waals surface area contributed by atoms with Crippen molar-refractivity contribution >= 4 is 38.9 Å². The molecule has 2 fully saturated rings. The molecule has 0 bridgehead atoms. The minimum atomic E-state index is -3.88. The number of carbonyl (C=O) groups is 2. The summed E-state index contributed by atoms with van der Waals surface area (Å²) in [7, 11) is -3.88. The molecule has 4 rings (SSSR count). The van der Waals surface area contributed by atoms with E-state index in [0.29, 0.717) is 10.7 Å². The lowest BCUT2D eigenvalue weighted by atomic mass is 10.1. The molecule has 2 aliphatic rings. The minimum absolute atomic E-state index is 0.0523. The van der Waals surface area contributed by atoms with Gasteiger partial charge < -0.3 is 10.6 Å². The molecule has 178 valence electrons. The van der Waals surface area contributed by atoms with Crippen LogP contribution in [-0.4, -0.2) is 78.3 Å². The largest absolute Gasteiger partial charge is 0.371 e. The fraction of sp³-hybridized carbons (Fsp3) is 0.500. The van der Waals surface area contributed by atoms with Gasteiger partial charge in [0.05, 0.1) is 25.2 Å². The average molecular weight is 494 g/mol. The number of aromatic nitrogens is 2.